The van der Waals surface area contributed by atoms with Crippen LogP contribution in [0.4, 0.5) is 4.79 Å². The first-order chi connectivity index (χ1) is 11.7. The molecular formula is C20H33NO3S. The number of rotatable bonds is 9. The molecule has 4 nitrogen and oxygen atoms in total. The smallest absolute Gasteiger partial charge is 0.410 e. The summed E-state index contributed by atoms with van der Waals surface area (Å²) in [6.07, 6.45) is 0.259. The molecule has 1 N–H and O–H groups in total. The molecule has 142 valence electrons. The third-order valence-electron chi connectivity index (χ3n) is 3.87. The predicted octanol–water partition coefficient (Wildman–Crippen LogP) is 4.53. The van der Waals surface area contributed by atoms with Gasteiger partial charge in [-0.1, -0.05) is 37.3 Å². The van der Waals surface area contributed by atoms with E-state index in [0.29, 0.717) is 13.2 Å². The monoisotopic (exact) mass is 367 g/mol. The molecule has 0 heterocycles. The average molecular weight is 368 g/mol. The van der Waals surface area contributed by atoms with Crippen LogP contribution in [-0.2, 0) is 4.74 Å². The second-order valence-corrected chi connectivity index (χ2v) is 8.63. The van der Waals surface area contributed by atoms with E-state index in [1.165, 1.54) is 5.56 Å². The van der Waals surface area contributed by atoms with Crippen molar-refractivity contribution < 1.29 is 14.6 Å². The van der Waals surface area contributed by atoms with E-state index < -0.39 is 0 Å². The van der Waals surface area contributed by atoms with E-state index in [1.807, 2.05) is 43.9 Å². The summed E-state index contributed by atoms with van der Waals surface area (Å²) in [5.74, 6) is 1.85. The largest absolute Gasteiger partial charge is 0.449 e. The average Bonchev–Trinajstić information content (AvgIpc) is 2.54. The minimum atomic E-state index is -0.290. The van der Waals surface area contributed by atoms with Gasteiger partial charge in [0.1, 0.15) is 0 Å². The van der Waals surface area contributed by atoms with Crippen LogP contribution < -0.4 is 0 Å². The molecule has 0 aliphatic rings. The lowest BCUT2D eigenvalue weighted by Crippen LogP contribution is -2.47. The molecular weight excluding hydrogens is 334 g/mol. The first-order valence-electron chi connectivity index (χ1n) is 8.97. The standard InChI is InChI=1S/C20H33NO3S/c1-16(18-10-7-6-8-11-18)14-21(20(3,4)5)19(23)24-12-9-13-25-15-17(2)22/h6-8,10-11,16-17,22H,9,12-15H2,1-5H3/t16-,17+/m0/s1. The molecule has 1 rings (SSSR count). The van der Waals surface area contributed by atoms with Crippen LogP contribution in [0.1, 0.15) is 52.5 Å². The van der Waals surface area contributed by atoms with Gasteiger partial charge >= 0.3 is 6.09 Å². The normalized spacial score (nSPS) is 14.0. The van der Waals surface area contributed by atoms with Crippen LogP contribution in [0.2, 0.25) is 0 Å². The number of aliphatic hydroxyl groups is 1. The van der Waals surface area contributed by atoms with E-state index in [0.717, 1.165) is 17.9 Å². The molecule has 0 saturated heterocycles. The topological polar surface area (TPSA) is 49.8 Å². The van der Waals surface area contributed by atoms with Crippen LogP contribution in [0, 0.1) is 0 Å². The lowest BCUT2D eigenvalue weighted by Gasteiger charge is -2.36. The fourth-order valence-corrected chi connectivity index (χ4v) is 3.27. The van der Waals surface area contributed by atoms with Gasteiger partial charge < -0.3 is 14.7 Å². The van der Waals surface area contributed by atoms with Gasteiger partial charge in [-0.05, 0) is 51.3 Å². The maximum Gasteiger partial charge on any atom is 0.410 e. The highest BCUT2D eigenvalue weighted by Gasteiger charge is 2.29. The minimum Gasteiger partial charge on any atom is -0.449 e. The number of thioether (sulfide) groups is 1. The molecule has 0 spiro atoms. The molecule has 0 unspecified atom stereocenters. The Hall–Kier alpha value is -1.20. The summed E-state index contributed by atoms with van der Waals surface area (Å²) in [6, 6.07) is 10.2. The second kappa shape index (κ2) is 10.7. The van der Waals surface area contributed by atoms with E-state index in [1.54, 1.807) is 18.7 Å². The quantitative estimate of drug-likeness (QED) is 0.652. The van der Waals surface area contributed by atoms with Crippen molar-refractivity contribution in [1.82, 2.24) is 4.90 Å². The molecule has 0 aromatic heterocycles. The summed E-state index contributed by atoms with van der Waals surface area (Å²) in [5, 5.41) is 9.22. The predicted molar refractivity (Wildman–Crippen MR) is 106 cm³/mol. The molecule has 1 aromatic rings. The summed E-state index contributed by atoms with van der Waals surface area (Å²) in [5.41, 5.74) is 0.931. The molecule has 25 heavy (non-hydrogen) atoms. The summed E-state index contributed by atoms with van der Waals surface area (Å²) in [4.78, 5) is 14.4. The Bertz CT molecular complexity index is 499. The van der Waals surface area contributed by atoms with Crippen LogP contribution in [-0.4, -0.2) is 52.4 Å². The number of carbonyl (C=O) groups is 1. The van der Waals surface area contributed by atoms with Crippen molar-refractivity contribution in [3.8, 4) is 0 Å². The fraction of sp³-hybridized carbons (Fsp3) is 0.650. The lowest BCUT2D eigenvalue weighted by atomic mass is 9.98. The Balaban J connectivity index is 2.50. The highest BCUT2D eigenvalue weighted by atomic mass is 32.2. The zero-order valence-electron chi connectivity index (χ0n) is 16.2. The van der Waals surface area contributed by atoms with E-state index in [9.17, 15) is 9.90 Å². The van der Waals surface area contributed by atoms with Crippen molar-refractivity contribution in [1.29, 1.82) is 0 Å². The first-order valence-corrected chi connectivity index (χ1v) is 10.1. The Labute approximate surface area is 156 Å². The van der Waals surface area contributed by atoms with Crippen LogP contribution in [0.5, 0.6) is 0 Å². The number of carbonyl (C=O) groups excluding carboxylic acids is 1. The number of amides is 1. The third-order valence-corrected chi connectivity index (χ3v) is 5.17. The van der Waals surface area contributed by atoms with Gasteiger partial charge in [0.15, 0.2) is 0 Å². The number of hydrogen-bond donors (Lipinski definition) is 1. The van der Waals surface area contributed by atoms with E-state index in [-0.39, 0.29) is 23.7 Å². The van der Waals surface area contributed by atoms with E-state index in [2.05, 4.69) is 19.1 Å². The van der Waals surface area contributed by atoms with E-state index >= 15 is 0 Å². The molecule has 0 aliphatic heterocycles. The van der Waals surface area contributed by atoms with Gasteiger partial charge in [-0.3, -0.25) is 0 Å². The number of aliphatic hydroxyl groups excluding tert-OH is 1. The van der Waals surface area contributed by atoms with Crippen molar-refractivity contribution in [3.05, 3.63) is 35.9 Å². The van der Waals surface area contributed by atoms with Gasteiger partial charge in [0.2, 0.25) is 0 Å². The van der Waals surface area contributed by atoms with Gasteiger partial charge in [0, 0.05) is 17.8 Å². The maximum absolute atomic E-state index is 12.6. The minimum absolute atomic E-state index is 0.245. The van der Waals surface area contributed by atoms with Crippen molar-refractivity contribution >= 4 is 17.9 Å². The lowest BCUT2D eigenvalue weighted by molar-refractivity contribution is 0.0653. The number of ether oxygens (including phenoxy) is 1. The zero-order chi connectivity index (χ0) is 18.9. The van der Waals surface area contributed by atoms with Crippen LogP contribution >= 0.6 is 11.8 Å². The molecule has 2 atom stereocenters. The summed E-state index contributed by atoms with van der Waals surface area (Å²) < 4.78 is 5.49. The first kappa shape index (κ1) is 21.8. The molecule has 0 radical (unpaired) electrons. The molecule has 0 fully saturated rings. The number of nitrogens with zero attached hydrogens (tertiary/aromatic N) is 1. The van der Waals surface area contributed by atoms with Gasteiger partial charge in [0.25, 0.3) is 0 Å². The summed E-state index contributed by atoms with van der Waals surface area (Å²) in [7, 11) is 0. The van der Waals surface area contributed by atoms with Gasteiger partial charge in [-0.15, -0.1) is 0 Å². The molecule has 5 heteroatoms. The van der Waals surface area contributed by atoms with Gasteiger partial charge in [-0.2, -0.15) is 11.8 Å². The maximum atomic E-state index is 12.6. The number of hydrogen-bond acceptors (Lipinski definition) is 4. The Kier molecular flexibility index (Phi) is 9.36. The Morgan fingerprint density at radius 1 is 1.24 bits per heavy atom. The zero-order valence-corrected chi connectivity index (χ0v) is 17.0. The van der Waals surface area contributed by atoms with Crippen molar-refractivity contribution in [2.75, 3.05) is 24.7 Å². The fourth-order valence-electron chi connectivity index (χ4n) is 2.44. The molecule has 0 saturated carbocycles. The summed E-state index contributed by atoms with van der Waals surface area (Å²) >= 11 is 1.68. The molecule has 1 aromatic carbocycles. The van der Waals surface area contributed by atoms with Crippen molar-refractivity contribution in [3.63, 3.8) is 0 Å². The second-order valence-electron chi connectivity index (χ2n) is 7.49. The van der Waals surface area contributed by atoms with Gasteiger partial charge in [0.05, 0.1) is 12.7 Å². The van der Waals surface area contributed by atoms with Crippen LogP contribution in [0.15, 0.2) is 30.3 Å². The third kappa shape index (κ3) is 8.63. The highest BCUT2D eigenvalue weighted by molar-refractivity contribution is 7.99. The van der Waals surface area contributed by atoms with Crippen molar-refractivity contribution in [2.24, 2.45) is 0 Å². The SMILES string of the molecule is C[C@@H](O)CSCCCOC(=O)N(C[C@H](C)c1ccccc1)C(C)(C)C. The van der Waals surface area contributed by atoms with Crippen LogP contribution in [0.3, 0.4) is 0 Å². The Morgan fingerprint density at radius 3 is 2.44 bits per heavy atom. The Morgan fingerprint density at radius 2 is 1.88 bits per heavy atom. The van der Waals surface area contributed by atoms with Crippen molar-refractivity contribution in [2.45, 2.75) is 58.6 Å². The van der Waals surface area contributed by atoms with Gasteiger partial charge in [-0.25, -0.2) is 4.79 Å². The molecule has 1 amide bonds. The van der Waals surface area contributed by atoms with E-state index in [4.69, 9.17) is 4.74 Å². The summed E-state index contributed by atoms with van der Waals surface area (Å²) in [6.45, 7) is 11.1. The molecule has 0 aliphatic carbocycles. The molecule has 0 bridgehead atoms. The highest BCUT2D eigenvalue weighted by Crippen LogP contribution is 2.22. The number of benzene rings is 1. The van der Waals surface area contributed by atoms with Crippen LogP contribution in [0.25, 0.3) is 0 Å².